The van der Waals surface area contributed by atoms with Crippen LogP contribution in [0.2, 0.25) is 0 Å². The van der Waals surface area contributed by atoms with E-state index in [9.17, 15) is 0 Å². The molecule has 0 atom stereocenters. The van der Waals surface area contributed by atoms with E-state index in [0.717, 1.165) is 6.42 Å². The molecule has 0 nitrogen and oxygen atoms in total. The molecule has 0 saturated heterocycles. The number of aryl methyl sites for hydroxylation is 2. The first kappa shape index (κ1) is 35.8. The Morgan fingerprint density at radius 3 is 1.62 bits per heavy atom. The van der Waals surface area contributed by atoms with Gasteiger partial charge in [0.25, 0.3) is 0 Å². The van der Waals surface area contributed by atoms with Gasteiger partial charge in [-0.3, -0.25) is 6.08 Å². The number of allylic oxidation sites excluding steroid dienone is 4. The minimum absolute atomic E-state index is 0. The van der Waals surface area contributed by atoms with Gasteiger partial charge in [0.15, 0.2) is 0 Å². The van der Waals surface area contributed by atoms with E-state index in [4.69, 9.17) is 0 Å². The van der Waals surface area contributed by atoms with Crippen molar-refractivity contribution in [2.24, 2.45) is 0 Å². The van der Waals surface area contributed by atoms with Gasteiger partial charge in [0, 0.05) is 0 Å². The monoisotopic (exact) mass is 668 g/mol. The van der Waals surface area contributed by atoms with Crippen molar-refractivity contribution in [3.63, 3.8) is 0 Å². The molecule has 6 rings (SSSR count). The molecule has 0 aliphatic heterocycles. The molecule has 0 unspecified atom stereocenters. The summed E-state index contributed by atoms with van der Waals surface area (Å²) in [6, 6.07) is 36.7. The van der Waals surface area contributed by atoms with Gasteiger partial charge in [0.1, 0.15) is 0 Å². The van der Waals surface area contributed by atoms with Crippen LogP contribution in [0.25, 0.3) is 21.5 Å². The van der Waals surface area contributed by atoms with Crippen molar-refractivity contribution in [3.8, 4) is 0 Å². The van der Waals surface area contributed by atoms with Gasteiger partial charge < -0.3 is 24.8 Å². The van der Waals surface area contributed by atoms with Crippen LogP contribution in [0.3, 0.4) is 0 Å². The first-order valence-electron chi connectivity index (χ1n) is 14.5. The molecule has 0 spiro atoms. The first-order valence-corrected chi connectivity index (χ1v) is 15.8. The van der Waals surface area contributed by atoms with Gasteiger partial charge in [-0.15, -0.1) is 46.2 Å². The third-order valence-electron chi connectivity index (χ3n) is 7.15. The summed E-state index contributed by atoms with van der Waals surface area (Å²) in [6.45, 7) is 8.74. The second kappa shape index (κ2) is 18.3. The van der Waals surface area contributed by atoms with Crippen LogP contribution in [0.5, 0.6) is 0 Å². The van der Waals surface area contributed by atoms with Crippen LogP contribution < -0.4 is 24.8 Å². The number of hydrogen-bond donors (Lipinski definition) is 0. The third kappa shape index (κ3) is 10.1. The predicted octanol–water partition coefficient (Wildman–Crippen LogP) is 4.79. The summed E-state index contributed by atoms with van der Waals surface area (Å²) < 4.78 is 1.42. The molecule has 0 bridgehead atoms. The fourth-order valence-electron chi connectivity index (χ4n) is 5.12. The molecule has 0 amide bonds. The zero-order valence-corrected chi connectivity index (χ0v) is 29.2. The molecule has 0 heterocycles. The van der Waals surface area contributed by atoms with Crippen molar-refractivity contribution in [1.29, 1.82) is 0 Å². The summed E-state index contributed by atoms with van der Waals surface area (Å²) in [4.78, 5) is 0. The molecule has 5 aromatic carbocycles. The van der Waals surface area contributed by atoms with E-state index in [-0.39, 0.29) is 24.8 Å². The molecule has 3 heteroatoms. The Hall–Kier alpha value is -2.44. The topological polar surface area (TPSA) is 0 Å². The quantitative estimate of drug-likeness (QED) is 0.228. The zero-order valence-electron chi connectivity index (χ0n) is 25.2. The molecule has 5 aromatic rings. The van der Waals surface area contributed by atoms with Gasteiger partial charge in [-0.05, 0) is 20.3 Å². The molecular formula is C39H40Cl2Zr-2. The first-order chi connectivity index (χ1) is 19.5. The van der Waals surface area contributed by atoms with E-state index in [2.05, 4.69) is 143 Å². The van der Waals surface area contributed by atoms with Crippen LogP contribution in [0.1, 0.15) is 68.2 Å². The van der Waals surface area contributed by atoms with Crippen LogP contribution in [0, 0.1) is 19.9 Å². The van der Waals surface area contributed by atoms with Crippen molar-refractivity contribution in [2.75, 3.05) is 0 Å². The molecular weight excluding hydrogens is 631 g/mol. The number of fused-ring (bicyclic) bond motifs is 3. The fraction of sp³-hybridized carbons (Fsp3) is 0.231. The second-order valence-electron chi connectivity index (χ2n) is 10.6. The standard InChI is InChI=1S/C15H13.C13H10.C11H17.2ClH.Zr/c1-10-3-5-14-12(7-10)9-13-8-11(2)4-6-15(13)14;1-3-7-12(8-4-1)11-13-9-5-2-6-10-13;1-3-5-10-7-8-11(9-10)6-4-2;;;/h3-9H,1-2H3;1-10H;9H,3-7H2,1-2H3;2*1H;/q-1;;-1;;;+2/p-2. The van der Waals surface area contributed by atoms with Gasteiger partial charge in [0.05, 0.1) is 0 Å². The van der Waals surface area contributed by atoms with E-state index >= 15 is 0 Å². The van der Waals surface area contributed by atoms with Crippen molar-refractivity contribution in [1.82, 2.24) is 0 Å². The number of benzene rings is 4. The Labute approximate surface area is 280 Å². The van der Waals surface area contributed by atoms with Crippen LogP contribution in [-0.4, -0.2) is 3.21 Å². The van der Waals surface area contributed by atoms with E-state index in [1.165, 1.54) is 102 Å². The van der Waals surface area contributed by atoms with Gasteiger partial charge in [0.2, 0.25) is 0 Å². The minimum atomic E-state index is 0. The third-order valence-corrected chi connectivity index (χ3v) is 8.57. The second-order valence-corrected chi connectivity index (χ2v) is 11.8. The summed E-state index contributed by atoms with van der Waals surface area (Å²) in [5, 5.41) is 5.46. The summed E-state index contributed by atoms with van der Waals surface area (Å²) in [6.07, 6.45) is 11.9. The predicted molar refractivity (Wildman–Crippen MR) is 172 cm³/mol. The molecule has 0 aromatic heterocycles. The molecule has 1 aliphatic carbocycles. The van der Waals surface area contributed by atoms with E-state index in [0.29, 0.717) is 0 Å². The summed E-state index contributed by atoms with van der Waals surface area (Å²) >= 11 is 1.46. The summed E-state index contributed by atoms with van der Waals surface area (Å²) in [7, 11) is 0. The van der Waals surface area contributed by atoms with Crippen LogP contribution in [0.15, 0.2) is 120 Å². The Morgan fingerprint density at radius 2 is 1.17 bits per heavy atom. The average Bonchev–Trinajstić information content (AvgIpc) is 3.57. The number of rotatable bonds is 6. The maximum absolute atomic E-state index is 3.42. The number of hydrogen-bond acceptors (Lipinski definition) is 0. The summed E-state index contributed by atoms with van der Waals surface area (Å²) in [5.41, 5.74) is 8.34. The van der Waals surface area contributed by atoms with E-state index < -0.39 is 0 Å². The molecule has 0 fully saturated rings. The van der Waals surface area contributed by atoms with Crippen molar-refractivity contribution in [3.05, 3.63) is 149 Å². The Bertz CT molecular complexity index is 1510. The van der Waals surface area contributed by atoms with Crippen LogP contribution >= 0.6 is 0 Å². The maximum atomic E-state index is 3.42. The van der Waals surface area contributed by atoms with E-state index in [1.54, 1.807) is 5.57 Å². The Morgan fingerprint density at radius 1 is 0.690 bits per heavy atom. The van der Waals surface area contributed by atoms with Gasteiger partial charge in [-0.25, -0.2) is 11.6 Å². The summed E-state index contributed by atoms with van der Waals surface area (Å²) in [5.74, 6) is 0. The fourth-order valence-corrected chi connectivity index (χ4v) is 5.94. The van der Waals surface area contributed by atoms with Gasteiger partial charge in [-0.1, -0.05) is 68.5 Å². The van der Waals surface area contributed by atoms with Crippen molar-refractivity contribution < 1.29 is 49.0 Å². The molecule has 42 heavy (non-hydrogen) atoms. The average molecular weight is 671 g/mol. The zero-order chi connectivity index (χ0) is 28.3. The van der Waals surface area contributed by atoms with Crippen molar-refractivity contribution >= 4 is 24.8 Å². The Balaban J connectivity index is 0.000000218. The molecule has 0 saturated carbocycles. The molecule has 216 valence electrons. The molecule has 0 N–H and O–H groups in total. The number of halogens is 2. The SMILES string of the molecule is CCCC1=[C-]CC(CCC)=C1.Cc1ccc2c(c1)[cH-]c1cc(C)ccc12.[Cl-].[Cl-].[Zr+2]=[C](c1ccccc1)c1ccccc1. The Kier molecular flexibility index (Phi) is 15.6. The normalized spacial score (nSPS) is 11.7. The van der Waals surface area contributed by atoms with Crippen molar-refractivity contribution in [2.45, 2.75) is 59.8 Å². The van der Waals surface area contributed by atoms with E-state index in [1.807, 2.05) is 0 Å². The van der Waals surface area contributed by atoms with Crippen LogP contribution in [0.4, 0.5) is 0 Å². The van der Waals surface area contributed by atoms with Crippen LogP contribution in [-0.2, 0) is 24.2 Å². The van der Waals surface area contributed by atoms with Gasteiger partial charge in [-0.2, -0.15) is 5.57 Å². The van der Waals surface area contributed by atoms with Gasteiger partial charge >= 0.3 is 99.2 Å². The molecule has 1 aliphatic rings. The molecule has 0 radical (unpaired) electrons.